The molecule has 0 radical (unpaired) electrons. The van der Waals surface area contributed by atoms with E-state index in [2.05, 4.69) is 12.2 Å². The monoisotopic (exact) mass is 283 g/mol. The summed E-state index contributed by atoms with van der Waals surface area (Å²) in [5.74, 6) is -0.870. The minimum absolute atomic E-state index is 0.0252. The fourth-order valence-electron chi connectivity index (χ4n) is 2.24. The number of aliphatic carboxylic acids is 1. The van der Waals surface area contributed by atoms with Gasteiger partial charge in [-0.1, -0.05) is 23.7 Å². The number of nitrogens with one attached hydrogen (secondary N) is 1. The highest BCUT2D eigenvalue weighted by molar-refractivity contribution is 6.30. The maximum Gasteiger partial charge on any atom is 0.332 e. The van der Waals surface area contributed by atoms with E-state index in [9.17, 15) is 4.79 Å². The Kier molecular flexibility index (Phi) is 4.80. The van der Waals surface area contributed by atoms with Gasteiger partial charge < -0.3 is 15.2 Å². The van der Waals surface area contributed by atoms with E-state index in [1.54, 1.807) is 0 Å². The molecule has 1 aromatic carbocycles. The quantitative estimate of drug-likeness (QED) is 0.872. The van der Waals surface area contributed by atoms with Crippen molar-refractivity contribution in [2.45, 2.75) is 38.0 Å². The van der Waals surface area contributed by atoms with Gasteiger partial charge in [-0.15, -0.1) is 0 Å². The highest BCUT2D eigenvalue weighted by Crippen LogP contribution is 2.21. The first kappa shape index (κ1) is 14.3. The van der Waals surface area contributed by atoms with E-state index in [0.717, 1.165) is 12.0 Å². The van der Waals surface area contributed by atoms with Crippen molar-refractivity contribution in [1.29, 1.82) is 0 Å². The van der Waals surface area contributed by atoms with E-state index < -0.39 is 12.1 Å². The minimum Gasteiger partial charge on any atom is -0.479 e. The molecule has 0 aromatic heterocycles. The van der Waals surface area contributed by atoms with Crippen LogP contribution in [0.25, 0.3) is 0 Å². The van der Waals surface area contributed by atoms with Crippen LogP contribution in [0.2, 0.25) is 5.02 Å². The first-order chi connectivity index (χ1) is 9.06. The highest BCUT2D eigenvalue weighted by Gasteiger charge is 2.30. The first-order valence-corrected chi connectivity index (χ1v) is 6.81. The van der Waals surface area contributed by atoms with Crippen molar-refractivity contribution in [1.82, 2.24) is 5.32 Å². The molecule has 1 saturated heterocycles. The van der Waals surface area contributed by atoms with Crippen molar-refractivity contribution in [2.24, 2.45) is 0 Å². The van der Waals surface area contributed by atoms with Crippen LogP contribution in [-0.2, 0) is 9.53 Å². The molecule has 0 bridgehead atoms. The molecule has 3 unspecified atom stereocenters. The molecule has 19 heavy (non-hydrogen) atoms. The molecule has 0 amide bonds. The average Bonchev–Trinajstić information content (AvgIpc) is 2.85. The second-order valence-electron chi connectivity index (χ2n) is 4.85. The van der Waals surface area contributed by atoms with Gasteiger partial charge in [-0.2, -0.15) is 0 Å². The molecule has 0 spiro atoms. The summed E-state index contributed by atoms with van der Waals surface area (Å²) in [5.41, 5.74) is 1.11. The highest BCUT2D eigenvalue weighted by atomic mass is 35.5. The lowest BCUT2D eigenvalue weighted by atomic mass is 10.1. The van der Waals surface area contributed by atoms with Crippen LogP contribution in [0.4, 0.5) is 0 Å². The van der Waals surface area contributed by atoms with Crippen LogP contribution in [0, 0.1) is 0 Å². The van der Waals surface area contributed by atoms with Gasteiger partial charge in [0.25, 0.3) is 0 Å². The van der Waals surface area contributed by atoms with Crippen LogP contribution in [0.5, 0.6) is 0 Å². The zero-order valence-corrected chi connectivity index (χ0v) is 11.6. The number of halogens is 1. The van der Waals surface area contributed by atoms with Gasteiger partial charge in [0.15, 0.2) is 6.10 Å². The van der Waals surface area contributed by atoms with Gasteiger partial charge >= 0.3 is 5.97 Å². The molecule has 2 rings (SSSR count). The average molecular weight is 284 g/mol. The molecular formula is C14H18ClNO3. The van der Waals surface area contributed by atoms with Crippen LogP contribution in [0.15, 0.2) is 24.3 Å². The molecule has 5 heteroatoms. The largest absolute Gasteiger partial charge is 0.479 e. The third-order valence-electron chi connectivity index (χ3n) is 3.38. The summed E-state index contributed by atoms with van der Waals surface area (Å²) >= 11 is 5.95. The zero-order valence-electron chi connectivity index (χ0n) is 10.8. The lowest BCUT2D eigenvalue weighted by Crippen LogP contribution is -2.30. The van der Waals surface area contributed by atoms with Crippen molar-refractivity contribution in [3.8, 4) is 0 Å². The van der Waals surface area contributed by atoms with Gasteiger partial charge in [0, 0.05) is 17.6 Å². The van der Waals surface area contributed by atoms with Crippen LogP contribution in [0.3, 0.4) is 0 Å². The predicted octanol–water partition coefficient (Wildman–Crippen LogP) is 2.62. The summed E-state index contributed by atoms with van der Waals surface area (Å²) in [5, 5.41) is 12.9. The summed E-state index contributed by atoms with van der Waals surface area (Å²) in [6.07, 6.45) is 0.704. The van der Waals surface area contributed by atoms with E-state index in [1.165, 1.54) is 0 Å². The Hall–Kier alpha value is -1.10. The number of hydrogen-bond donors (Lipinski definition) is 2. The fraction of sp³-hybridized carbons (Fsp3) is 0.500. The third-order valence-corrected chi connectivity index (χ3v) is 3.62. The van der Waals surface area contributed by atoms with E-state index in [1.807, 2.05) is 24.3 Å². The van der Waals surface area contributed by atoms with Crippen molar-refractivity contribution in [2.75, 3.05) is 6.54 Å². The molecule has 4 nitrogen and oxygen atoms in total. The van der Waals surface area contributed by atoms with E-state index >= 15 is 0 Å². The van der Waals surface area contributed by atoms with Crippen LogP contribution >= 0.6 is 11.6 Å². The van der Waals surface area contributed by atoms with Gasteiger partial charge in [-0.3, -0.25) is 0 Å². The normalized spacial score (nSPS) is 24.3. The molecule has 104 valence electrons. The summed E-state index contributed by atoms with van der Waals surface area (Å²) in [7, 11) is 0. The Morgan fingerprint density at radius 2 is 2.37 bits per heavy atom. The SMILES string of the molecule is CC(NCC1CCC(C(=O)O)O1)c1cccc(Cl)c1. The van der Waals surface area contributed by atoms with E-state index in [-0.39, 0.29) is 12.1 Å². The fourth-order valence-corrected chi connectivity index (χ4v) is 2.44. The summed E-state index contributed by atoms with van der Waals surface area (Å²) in [4.78, 5) is 10.8. The van der Waals surface area contributed by atoms with Crippen LogP contribution in [-0.4, -0.2) is 29.8 Å². The van der Waals surface area contributed by atoms with Gasteiger partial charge in [-0.05, 0) is 37.5 Å². The van der Waals surface area contributed by atoms with Crippen molar-refractivity contribution < 1.29 is 14.6 Å². The molecule has 1 heterocycles. The Morgan fingerprint density at radius 3 is 3.00 bits per heavy atom. The molecule has 1 aliphatic heterocycles. The summed E-state index contributed by atoms with van der Waals surface area (Å²) in [6.45, 7) is 2.70. The number of carboxylic acid groups (broad SMARTS) is 1. The summed E-state index contributed by atoms with van der Waals surface area (Å²) < 4.78 is 5.44. The molecule has 0 saturated carbocycles. The van der Waals surface area contributed by atoms with Gasteiger partial charge in [0.05, 0.1) is 6.10 Å². The van der Waals surface area contributed by atoms with E-state index in [4.69, 9.17) is 21.4 Å². The molecule has 2 N–H and O–H groups in total. The molecule has 1 aromatic rings. The van der Waals surface area contributed by atoms with E-state index in [0.29, 0.717) is 18.0 Å². The van der Waals surface area contributed by atoms with Gasteiger partial charge in [0.2, 0.25) is 0 Å². The molecule has 1 fully saturated rings. The topological polar surface area (TPSA) is 58.6 Å². The van der Waals surface area contributed by atoms with Crippen molar-refractivity contribution in [3.05, 3.63) is 34.9 Å². The Labute approximate surface area is 117 Å². The third kappa shape index (κ3) is 3.93. The number of ether oxygens (including phenoxy) is 1. The maximum atomic E-state index is 10.8. The first-order valence-electron chi connectivity index (χ1n) is 6.43. The lowest BCUT2D eigenvalue weighted by molar-refractivity contribution is -0.149. The number of benzene rings is 1. The zero-order chi connectivity index (χ0) is 13.8. The van der Waals surface area contributed by atoms with Gasteiger partial charge in [0.1, 0.15) is 0 Å². The molecule has 1 aliphatic rings. The minimum atomic E-state index is -0.870. The van der Waals surface area contributed by atoms with Crippen molar-refractivity contribution >= 4 is 17.6 Å². The smallest absolute Gasteiger partial charge is 0.332 e. The number of carbonyl (C=O) groups is 1. The maximum absolute atomic E-state index is 10.8. The molecule has 0 aliphatic carbocycles. The molecular weight excluding hydrogens is 266 g/mol. The van der Waals surface area contributed by atoms with Crippen molar-refractivity contribution in [3.63, 3.8) is 0 Å². The Balaban J connectivity index is 1.81. The Morgan fingerprint density at radius 1 is 1.58 bits per heavy atom. The summed E-state index contributed by atoms with van der Waals surface area (Å²) in [6, 6.07) is 7.86. The number of rotatable bonds is 5. The van der Waals surface area contributed by atoms with Crippen LogP contribution < -0.4 is 5.32 Å². The van der Waals surface area contributed by atoms with Crippen LogP contribution in [0.1, 0.15) is 31.4 Å². The molecule has 3 atom stereocenters. The lowest BCUT2D eigenvalue weighted by Gasteiger charge is -2.18. The number of carboxylic acids is 1. The standard InChI is InChI=1S/C14H18ClNO3/c1-9(10-3-2-4-11(15)7-10)16-8-12-5-6-13(19-12)14(17)18/h2-4,7,9,12-13,16H,5-6,8H2,1H3,(H,17,18). The Bertz CT molecular complexity index is 452. The van der Waals surface area contributed by atoms with Gasteiger partial charge in [-0.25, -0.2) is 4.79 Å². The predicted molar refractivity (Wildman–Crippen MR) is 73.4 cm³/mol. The second-order valence-corrected chi connectivity index (χ2v) is 5.28. The number of hydrogen-bond acceptors (Lipinski definition) is 3. The second kappa shape index (κ2) is 6.37.